The number of para-hydroxylation sites is 2. The van der Waals surface area contributed by atoms with Crippen molar-refractivity contribution in [3.8, 4) is 5.75 Å². The molecule has 0 bridgehead atoms. The minimum atomic E-state index is -0.174. The van der Waals surface area contributed by atoms with Crippen molar-refractivity contribution in [3.05, 3.63) is 54.6 Å². The van der Waals surface area contributed by atoms with E-state index in [0.29, 0.717) is 12.3 Å². The van der Waals surface area contributed by atoms with Crippen LogP contribution in [0.2, 0.25) is 0 Å². The first kappa shape index (κ1) is 18.3. The Morgan fingerprint density at radius 3 is 2.54 bits per heavy atom. The molecule has 1 heterocycles. The molecule has 0 aliphatic carbocycles. The Bertz CT molecular complexity index is 782. The van der Waals surface area contributed by atoms with E-state index in [1.165, 1.54) is 0 Å². The highest BCUT2D eigenvalue weighted by molar-refractivity contribution is 7.98. The molecule has 3 rings (SSSR count). The average molecular weight is 370 g/mol. The number of carbonyl (C=O) groups excluding carboxylic acids is 2. The van der Waals surface area contributed by atoms with Crippen LogP contribution in [0.15, 0.2) is 59.5 Å². The first-order chi connectivity index (χ1) is 12.6. The Kier molecular flexibility index (Phi) is 5.83. The fraction of sp³-hybridized carbons (Fsp3) is 0.300. The molecule has 1 aliphatic rings. The lowest BCUT2D eigenvalue weighted by Gasteiger charge is -2.40. The minimum Gasteiger partial charge on any atom is -0.484 e. The van der Waals surface area contributed by atoms with Crippen molar-refractivity contribution in [1.29, 1.82) is 0 Å². The Morgan fingerprint density at radius 2 is 1.85 bits per heavy atom. The number of ether oxygens (including phenoxy) is 1. The molecule has 1 aliphatic heterocycles. The van der Waals surface area contributed by atoms with E-state index in [4.69, 9.17) is 4.74 Å². The summed E-state index contributed by atoms with van der Waals surface area (Å²) in [5.41, 5.74) is 0.908. The summed E-state index contributed by atoms with van der Waals surface area (Å²) >= 11 is 1.61. The highest BCUT2D eigenvalue weighted by Gasteiger charge is 2.34. The molecule has 0 spiro atoms. The van der Waals surface area contributed by atoms with Gasteiger partial charge in [0.2, 0.25) is 5.91 Å². The van der Waals surface area contributed by atoms with Crippen molar-refractivity contribution in [3.63, 3.8) is 0 Å². The zero-order valence-corrected chi connectivity index (χ0v) is 15.7. The lowest BCUT2D eigenvalue weighted by Crippen LogP contribution is -2.58. The number of hydrogen-bond donors (Lipinski definition) is 0. The van der Waals surface area contributed by atoms with E-state index in [1.54, 1.807) is 33.7 Å². The van der Waals surface area contributed by atoms with Crippen molar-refractivity contribution < 1.29 is 14.3 Å². The summed E-state index contributed by atoms with van der Waals surface area (Å²) in [5, 5.41) is 0. The fourth-order valence-corrected chi connectivity index (χ4v) is 3.68. The van der Waals surface area contributed by atoms with Crippen LogP contribution in [0.1, 0.15) is 6.92 Å². The molecule has 0 aromatic heterocycles. The second kappa shape index (κ2) is 8.27. The molecule has 2 aromatic carbocycles. The van der Waals surface area contributed by atoms with Gasteiger partial charge in [-0.25, -0.2) is 0 Å². The Hall–Kier alpha value is -2.47. The van der Waals surface area contributed by atoms with Crippen LogP contribution in [-0.2, 0) is 9.59 Å². The molecule has 26 heavy (non-hydrogen) atoms. The fourth-order valence-electron chi connectivity index (χ4n) is 3.09. The van der Waals surface area contributed by atoms with E-state index in [-0.39, 0.29) is 31.0 Å². The lowest BCUT2D eigenvalue weighted by atomic mass is 10.1. The first-order valence-electron chi connectivity index (χ1n) is 8.51. The molecule has 0 radical (unpaired) electrons. The number of hydrogen-bond acceptors (Lipinski definition) is 4. The van der Waals surface area contributed by atoms with E-state index in [9.17, 15) is 9.59 Å². The van der Waals surface area contributed by atoms with Crippen LogP contribution >= 0.6 is 11.8 Å². The Balaban J connectivity index is 1.66. The average Bonchev–Trinajstić information content (AvgIpc) is 2.66. The number of carbonyl (C=O) groups is 2. The van der Waals surface area contributed by atoms with Gasteiger partial charge in [-0.1, -0.05) is 30.3 Å². The summed E-state index contributed by atoms with van der Waals surface area (Å²) in [7, 11) is 0. The van der Waals surface area contributed by atoms with Gasteiger partial charge in [-0.3, -0.25) is 9.59 Å². The van der Waals surface area contributed by atoms with Gasteiger partial charge in [-0.2, -0.15) is 0 Å². The van der Waals surface area contributed by atoms with Crippen molar-refractivity contribution in [2.45, 2.75) is 17.9 Å². The number of benzene rings is 2. The second-order valence-electron chi connectivity index (χ2n) is 6.16. The van der Waals surface area contributed by atoms with Gasteiger partial charge in [-0.05, 0) is 37.4 Å². The Labute approximate surface area is 157 Å². The first-order valence-corrected chi connectivity index (χ1v) is 9.73. The molecule has 2 amide bonds. The molecular formula is C20H22N2O3S. The summed E-state index contributed by atoms with van der Waals surface area (Å²) < 4.78 is 5.52. The summed E-state index contributed by atoms with van der Waals surface area (Å²) in [6, 6.07) is 17.0. The lowest BCUT2D eigenvalue weighted by molar-refractivity contribution is -0.139. The van der Waals surface area contributed by atoms with E-state index >= 15 is 0 Å². The predicted octanol–water partition coefficient (Wildman–Crippen LogP) is 3.05. The minimum absolute atomic E-state index is 0.0641. The number of thioether (sulfide) groups is 1. The van der Waals surface area contributed by atoms with Crippen molar-refractivity contribution in [1.82, 2.24) is 4.90 Å². The van der Waals surface area contributed by atoms with E-state index in [1.807, 2.05) is 55.6 Å². The summed E-state index contributed by atoms with van der Waals surface area (Å²) in [4.78, 5) is 29.6. The standard InChI is InChI=1S/C20H22N2O3S/c1-15-12-21(20(24)14-25-16-8-4-3-5-9-16)13-19(23)22(15)17-10-6-7-11-18(17)26-2/h3-11,15H,12-14H2,1-2H3/t15-/m0/s1. The monoisotopic (exact) mass is 370 g/mol. The maximum atomic E-state index is 12.7. The zero-order chi connectivity index (χ0) is 18.5. The third-order valence-corrected chi connectivity index (χ3v) is 5.11. The van der Waals surface area contributed by atoms with Gasteiger partial charge in [-0.15, -0.1) is 11.8 Å². The SMILES string of the molecule is CSc1ccccc1N1C(=O)CN(C(=O)COc2ccccc2)C[C@@H]1C. The van der Waals surface area contributed by atoms with Gasteiger partial charge in [0.25, 0.3) is 5.91 Å². The van der Waals surface area contributed by atoms with Gasteiger partial charge in [0.05, 0.1) is 11.7 Å². The van der Waals surface area contributed by atoms with Gasteiger partial charge in [0.1, 0.15) is 12.3 Å². The van der Waals surface area contributed by atoms with E-state index in [2.05, 4.69) is 0 Å². The molecule has 1 fully saturated rings. The third kappa shape index (κ3) is 4.02. The molecule has 0 saturated carbocycles. The highest BCUT2D eigenvalue weighted by Crippen LogP contribution is 2.31. The third-order valence-electron chi connectivity index (χ3n) is 4.32. The number of nitrogens with zero attached hydrogens (tertiary/aromatic N) is 2. The highest BCUT2D eigenvalue weighted by atomic mass is 32.2. The van der Waals surface area contributed by atoms with E-state index < -0.39 is 0 Å². The summed E-state index contributed by atoms with van der Waals surface area (Å²) in [5.74, 6) is 0.401. The molecule has 0 N–H and O–H groups in total. The maximum absolute atomic E-state index is 12.7. The maximum Gasteiger partial charge on any atom is 0.261 e. The molecule has 0 unspecified atom stereocenters. The smallest absolute Gasteiger partial charge is 0.261 e. The molecule has 1 atom stereocenters. The number of piperazine rings is 1. The largest absolute Gasteiger partial charge is 0.484 e. The molecule has 6 heteroatoms. The van der Waals surface area contributed by atoms with Crippen LogP contribution in [0.25, 0.3) is 0 Å². The second-order valence-corrected chi connectivity index (χ2v) is 7.01. The van der Waals surface area contributed by atoms with Gasteiger partial charge in [0, 0.05) is 11.4 Å². The predicted molar refractivity (Wildman–Crippen MR) is 104 cm³/mol. The molecule has 5 nitrogen and oxygen atoms in total. The quantitative estimate of drug-likeness (QED) is 0.759. The van der Waals surface area contributed by atoms with Crippen LogP contribution in [0.5, 0.6) is 5.75 Å². The molecular weight excluding hydrogens is 348 g/mol. The van der Waals surface area contributed by atoms with Crippen molar-refractivity contribution >= 4 is 29.3 Å². The van der Waals surface area contributed by atoms with Gasteiger partial charge < -0.3 is 14.5 Å². The van der Waals surface area contributed by atoms with E-state index in [0.717, 1.165) is 10.6 Å². The topological polar surface area (TPSA) is 49.9 Å². The van der Waals surface area contributed by atoms with Crippen LogP contribution in [0.4, 0.5) is 5.69 Å². The van der Waals surface area contributed by atoms with Gasteiger partial charge in [0.15, 0.2) is 6.61 Å². The summed E-state index contributed by atoms with van der Waals surface area (Å²) in [6.07, 6.45) is 1.99. The van der Waals surface area contributed by atoms with Crippen LogP contribution in [-0.4, -0.2) is 48.7 Å². The molecule has 1 saturated heterocycles. The summed E-state index contributed by atoms with van der Waals surface area (Å²) in [6.45, 7) is 2.47. The Morgan fingerprint density at radius 1 is 1.15 bits per heavy atom. The van der Waals surface area contributed by atoms with Crippen molar-refractivity contribution in [2.75, 3.05) is 30.9 Å². The van der Waals surface area contributed by atoms with Crippen LogP contribution in [0.3, 0.4) is 0 Å². The van der Waals surface area contributed by atoms with Crippen LogP contribution in [0, 0.1) is 0 Å². The molecule has 136 valence electrons. The zero-order valence-electron chi connectivity index (χ0n) is 14.9. The van der Waals surface area contributed by atoms with Crippen molar-refractivity contribution in [2.24, 2.45) is 0 Å². The number of amides is 2. The molecule has 2 aromatic rings. The normalized spacial score (nSPS) is 17.3. The number of anilines is 1. The number of rotatable bonds is 5. The van der Waals surface area contributed by atoms with Crippen LogP contribution < -0.4 is 9.64 Å². The van der Waals surface area contributed by atoms with Gasteiger partial charge >= 0.3 is 0 Å².